The van der Waals surface area contributed by atoms with Gasteiger partial charge in [0.15, 0.2) is 0 Å². The van der Waals surface area contributed by atoms with Gasteiger partial charge in [-0.15, -0.1) is 0 Å². The van der Waals surface area contributed by atoms with Crippen molar-refractivity contribution in [1.82, 2.24) is 0 Å². The number of hydrogen-bond donors (Lipinski definition) is 2. The molecule has 0 saturated carbocycles. The summed E-state index contributed by atoms with van der Waals surface area (Å²) in [5, 5.41) is 9.63. The van der Waals surface area contributed by atoms with Crippen LogP contribution < -0.4 is 5.73 Å². The van der Waals surface area contributed by atoms with Crippen LogP contribution in [0.1, 0.15) is 17.2 Å². The average Bonchev–Trinajstić information content (AvgIpc) is 2.31. The fraction of sp³-hybridized carbons (Fsp3) is 0.333. The Kier molecular flexibility index (Phi) is 1.94. The first-order chi connectivity index (χ1) is 5.68. The number of halogens is 1. The average molecular weight is 228 g/mol. The molecule has 1 aliphatic carbocycles. The molecule has 0 saturated heterocycles. The smallest absolute Gasteiger partial charge is 0.0947 e. The van der Waals surface area contributed by atoms with Crippen molar-refractivity contribution in [3.8, 4) is 0 Å². The van der Waals surface area contributed by atoms with Crippen molar-refractivity contribution >= 4 is 15.9 Å². The molecule has 2 rings (SSSR count). The van der Waals surface area contributed by atoms with E-state index >= 15 is 0 Å². The van der Waals surface area contributed by atoms with Crippen LogP contribution in [0.2, 0.25) is 0 Å². The summed E-state index contributed by atoms with van der Waals surface area (Å²) in [6.45, 7) is 0. The number of nitrogens with two attached hydrogens (primary N) is 1. The van der Waals surface area contributed by atoms with Crippen LogP contribution in [0.25, 0.3) is 0 Å². The predicted molar refractivity (Wildman–Crippen MR) is 50.8 cm³/mol. The molecule has 1 aromatic carbocycles. The Balaban J connectivity index is 2.48. The summed E-state index contributed by atoms with van der Waals surface area (Å²) in [4.78, 5) is 0. The maximum Gasteiger partial charge on any atom is 0.0947 e. The van der Waals surface area contributed by atoms with Crippen LogP contribution in [0.5, 0.6) is 0 Å². The third-order valence-corrected chi connectivity index (χ3v) is 2.78. The molecule has 0 heterocycles. The first-order valence-electron chi connectivity index (χ1n) is 3.90. The highest BCUT2D eigenvalue weighted by atomic mass is 79.9. The summed E-state index contributed by atoms with van der Waals surface area (Å²) in [6.07, 6.45) is 0.293. The topological polar surface area (TPSA) is 46.2 Å². The van der Waals surface area contributed by atoms with Crippen LogP contribution in [-0.2, 0) is 6.42 Å². The number of benzene rings is 1. The Hall–Kier alpha value is -0.380. The van der Waals surface area contributed by atoms with E-state index in [9.17, 15) is 5.11 Å². The van der Waals surface area contributed by atoms with Crippen LogP contribution in [0, 0.1) is 0 Å². The molecule has 0 unspecified atom stereocenters. The highest BCUT2D eigenvalue weighted by Crippen LogP contribution is 2.31. The van der Waals surface area contributed by atoms with Crippen LogP contribution >= 0.6 is 15.9 Å². The van der Waals surface area contributed by atoms with E-state index in [0.29, 0.717) is 0 Å². The van der Waals surface area contributed by atoms with Crippen molar-refractivity contribution in [1.29, 1.82) is 0 Å². The lowest BCUT2D eigenvalue weighted by Crippen LogP contribution is -2.24. The zero-order valence-corrected chi connectivity index (χ0v) is 8.08. The maximum atomic E-state index is 9.63. The van der Waals surface area contributed by atoms with Crippen molar-refractivity contribution in [3.05, 3.63) is 33.8 Å². The molecule has 3 N–H and O–H groups in total. The lowest BCUT2D eigenvalue weighted by atomic mass is 10.1. The van der Waals surface area contributed by atoms with Gasteiger partial charge in [0, 0.05) is 10.5 Å². The fourth-order valence-corrected chi connectivity index (χ4v) is 2.00. The first kappa shape index (κ1) is 8.23. The zero-order valence-electron chi connectivity index (χ0n) is 6.50. The Morgan fingerprint density at radius 3 is 3.00 bits per heavy atom. The summed E-state index contributed by atoms with van der Waals surface area (Å²) >= 11 is 3.36. The standard InChI is InChI=1S/C9H10BrNO/c10-6-2-1-5-3-8(11)9(12)7(5)4-6/h1-2,4,8-9,12H,3,11H2/t8-,9+/m0/s1. The minimum atomic E-state index is -0.488. The normalized spacial score (nSPS) is 27.2. The van der Waals surface area contributed by atoms with Crippen molar-refractivity contribution in [2.75, 3.05) is 0 Å². The molecule has 0 aliphatic heterocycles. The molecule has 0 fully saturated rings. The number of fused-ring (bicyclic) bond motifs is 1. The van der Waals surface area contributed by atoms with Gasteiger partial charge in [0.2, 0.25) is 0 Å². The predicted octanol–water partition coefficient (Wildman–Crippen LogP) is 1.37. The number of hydrogen-bond acceptors (Lipinski definition) is 2. The lowest BCUT2D eigenvalue weighted by molar-refractivity contribution is 0.159. The highest BCUT2D eigenvalue weighted by Gasteiger charge is 2.27. The molecular formula is C9H10BrNO. The zero-order chi connectivity index (χ0) is 8.72. The summed E-state index contributed by atoms with van der Waals surface area (Å²) < 4.78 is 0.995. The summed E-state index contributed by atoms with van der Waals surface area (Å²) in [6, 6.07) is 5.79. The largest absolute Gasteiger partial charge is 0.387 e. The van der Waals surface area contributed by atoms with Gasteiger partial charge in [-0.2, -0.15) is 0 Å². The monoisotopic (exact) mass is 227 g/mol. The highest BCUT2D eigenvalue weighted by molar-refractivity contribution is 9.10. The molecule has 0 amide bonds. The van der Waals surface area contributed by atoms with Gasteiger partial charge in [-0.1, -0.05) is 22.0 Å². The first-order valence-corrected chi connectivity index (χ1v) is 4.70. The van der Waals surface area contributed by atoms with E-state index in [1.54, 1.807) is 0 Å². The van der Waals surface area contributed by atoms with Crippen molar-refractivity contribution < 1.29 is 5.11 Å². The van der Waals surface area contributed by atoms with Crippen LogP contribution in [-0.4, -0.2) is 11.1 Å². The summed E-state index contributed by atoms with van der Waals surface area (Å²) in [5.41, 5.74) is 7.85. The quantitative estimate of drug-likeness (QED) is 0.704. The molecule has 1 aromatic rings. The molecule has 12 heavy (non-hydrogen) atoms. The van der Waals surface area contributed by atoms with Crippen molar-refractivity contribution in [2.45, 2.75) is 18.6 Å². The minimum absolute atomic E-state index is 0.130. The third kappa shape index (κ3) is 1.18. The number of aliphatic hydroxyl groups excluding tert-OH is 1. The second kappa shape index (κ2) is 2.83. The summed E-state index contributed by atoms with van der Waals surface area (Å²) in [7, 11) is 0. The van der Waals surface area contributed by atoms with Crippen molar-refractivity contribution in [3.63, 3.8) is 0 Å². The molecule has 0 radical (unpaired) electrons. The maximum absolute atomic E-state index is 9.63. The van der Waals surface area contributed by atoms with Gasteiger partial charge < -0.3 is 10.8 Å². The molecule has 64 valence electrons. The molecule has 3 heteroatoms. The van der Waals surface area contributed by atoms with E-state index in [0.717, 1.165) is 16.5 Å². The molecule has 0 bridgehead atoms. The number of rotatable bonds is 0. The summed E-state index contributed by atoms with van der Waals surface area (Å²) in [5.74, 6) is 0. The van der Waals surface area contributed by atoms with Gasteiger partial charge in [-0.05, 0) is 29.7 Å². The van der Waals surface area contributed by atoms with Gasteiger partial charge in [0.05, 0.1) is 6.10 Å². The third-order valence-electron chi connectivity index (χ3n) is 2.29. The Morgan fingerprint density at radius 2 is 2.25 bits per heavy atom. The van der Waals surface area contributed by atoms with E-state index in [2.05, 4.69) is 15.9 Å². The van der Waals surface area contributed by atoms with Gasteiger partial charge in [-0.3, -0.25) is 0 Å². The Morgan fingerprint density at radius 1 is 1.50 bits per heavy atom. The Bertz CT molecular complexity index is 313. The molecule has 2 atom stereocenters. The van der Waals surface area contributed by atoms with E-state index in [1.807, 2.05) is 18.2 Å². The van der Waals surface area contributed by atoms with E-state index in [4.69, 9.17) is 5.73 Å². The molecule has 0 spiro atoms. The SMILES string of the molecule is N[C@H]1Cc2ccc(Br)cc2[C@H]1O. The Labute approximate surface area is 79.5 Å². The lowest BCUT2D eigenvalue weighted by Gasteiger charge is -2.08. The second-order valence-corrected chi connectivity index (χ2v) is 4.07. The molecule has 1 aliphatic rings. The number of aliphatic hydroxyl groups is 1. The van der Waals surface area contributed by atoms with Gasteiger partial charge in [0.25, 0.3) is 0 Å². The fourth-order valence-electron chi connectivity index (χ4n) is 1.62. The second-order valence-electron chi connectivity index (χ2n) is 3.16. The van der Waals surface area contributed by atoms with Gasteiger partial charge in [0.1, 0.15) is 0 Å². The van der Waals surface area contributed by atoms with Crippen LogP contribution in [0.3, 0.4) is 0 Å². The van der Waals surface area contributed by atoms with Gasteiger partial charge in [-0.25, -0.2) is 0 Å². The van der Waals surface area contributed by atoms with E-state index in [-0.39, 0.29) is 6.04 Å². The van der Waals surface area contributed by atoms with Crippen LogP contribution in [0.4, 0.5) is 0 Å². The molecule has 2 nitrogen and oxygen atoms in total. The molecular weight excluding hydrogens is 218 g/mol. The van der Waals surface area contributed by atoms with Gasteiger partial charge >= 0.3 is 0 Å². The van der Waals surface area contributed by atoms with E-state index in [1.165, 1.54) is 5.56 Å². The molecule has 0 aromatic heterocycles. The van der Waals surface area contributed by atoms with Crippen LogP contribution in [0.15, 0.2) is 22.7 Å². The van der Waals surface area contributed by atoms with E-state index < -0.39 is 6.10 Å². The van der Waals surface area contributed by atoms with Crippen molar-refractivity contribution in [2.24, 2.45) is 5.73 Å². The minimum Gasteiger partial charge on any atom is -0.387 e.